The van der Waals surface area contributed by atoms with Gasteiger partial charge in [0.1, 0.15) is 0 Å². The van der Waals surface area contributed by atoms with Gasteiger partial charge in [-0.2, -0.15) is 0 Å². The Hall–Kier alpha value is -1.94. The molecule has 3 N–H and O–H groups in total. The van der Waals surface area contributed by atoms with E-state index in [1.165, 1.54) is 0 Å². The van der Waals surface area contributed by atoms with Crippen LogP contribution in [0.4, 0.5) is 5.69 Å². The highest BCUT2D eigenvalue weighted by atomic mass is 35.5. The second-order valence-corrected chi connectivity index (χ2v) is 3.74. The zero-order chi connectivity index (χ0) is 11.5. The highest BCUT2D eigenvalue weighted by Crippen LogP contribution is 2.16. The number of carbonyl (C=O) groups is 1. The van der Waals surface area contributed by atoms with Gasteiger partial charge in [-0.1, -0.05) is 11.6 Å². The van der Waals surface area contributed by atoms with Gasteiger partial charge >= 0.3 is 0 Å². The average Bonchev–Trinajstić information content (AvgIpc) is 2.68. The van der Waals surface area contributed by atoms with E-state index in [9.17, 15) is 4.79 Å². The van der Waals surface area contributed by atoms with Crippen LogP contribution in [-0.2, 0) is 0 Å². The van der Waals surface area contributed by atoms with Crippen LogP contribution in [0.25, 0.3) is 0 Å². The third-order valence-corrected chi connectivity index (χ3v) is 2.24. The molecule has 1 amide bonds. The maximum absolute atomic E-state index is 11.8. The summed E-state index contributed by atoms with van der Waals surface area (Å²) in [6.07, 6.45) is 3.46. The zero-order valence-corrected chi connectivity index (χ0v) is 9.11. The van der Waals surface area contributed by atoms with E-state index in [4.69, 9.17) is 17.3 Å². The molecule has 0 saturated heterocycles. The number of hydrogen-bond acceptors (Lipinski definition) is 2. The Labute approximate surface area is 97.6 Å². The van der Waals surface area contributed by atoms with Crippen LogP contribution in [0.1, 0.15) is 10.4 Å². The van der Waals surface area contributed by atoms with Crippen molar-refractivity contribution >= 4 is 23.2 Å². The van der Waals surface area contributed by atoms with E-state index in [1.807, 2.05) is 12.1 Å². The van der Waals surface area contributed by atoms with Crippen LogP contribution in [-0.4, -0.2) is 10.6 Å². The molecule has 0 aliphatic rings. The molecule has 0 spiro atoms. The van der Waals surface area contributed by atoms with Crippen molar-refractivity contribution < 1.29 is 4.79 Å². The molecule has 2 rings (SSSR count). The highest BCUT2D eigenvalue weighted by molar-refractivity contribution is 6.31. The molecule has 5 heteroatoms. The summed E-state index contributed by atoms with van der Waals surface area (Å²) in [7, 11) is 0. The predicted molar refractivity (Wildman–Crippen MR) is 64.0 cm³/mol. The number of nitrogens with zero attached hydrogens (tertiary/aromatic N) is 1. The summed E-state index contributed by atoms with van der Waals surface area (Å²) in [5.74, 6) is -0.259. The summed E-state index contributed by atoms with van der Waals surface area (Å²) in [5, 5.41) is 0.442. The molecular formula is C11H10ClN3O. The maximum Gasteiger partial charge on any atom is 0.270 e. The minimum Gasteiger partial charge on any atom is -0.399 e. The van der Waals surface area contributed by atoms with E-state index in [2.05, 4.69) is 5.43 Å². The molecule has 0 bridgehead atoms. The van der Waals surface area contributed by atoms with Crippen molar-refractivity contribution in [3.63, 3.8) is 0 Å². The van der Waals surface area contributed by atoms with Gasteiger partial charge in [-0.05, 0) is 30.3 Å². The lowest BCUT2D eigenvalue weighted by Crippen LogP contribution is -2.21. The predicted octanol–water partition coefficient (Wildman–Crippen LogP) is 2.11. The van der Waals surface area contributed by atoms with Gasteiger partial charge in [0.05, 0.1) is 0 Å². The summed E-state index contributed by atoms with van der Waals surface area (Å²) in [6, 6.07) is 8.36. The van der Waals surface area contributed by atoms with Crippen molar-refractivity contribution in [3.8, 4) is 0 Å². The molecule has 1 aromatic heterocycles. The normalized spacial score (nSPS) is 10.1. The van der Waals surface area contributed by atoms with Crippen molar-refractivity contribution in [2.24, 2.45) is 0 Å². The summed E-state index contributed by atoms with van der Waals surface area (Å²) in [5.41, 5.74) is 9.15. The van der Waals surface area contributed by atoms with Crippen molar-refractivity contribution in [1.29, 1.82) is 0 Å². The van der Waals surface area contributed by atoms with Gasteiger partial charge in [0, 0.05) is 28.7 Å². The number of hydrogen-bond donors (Lipinski definition) is 2. The molecule has 0 saturated carbocycles. The Morgan fingerprint density at radius 1 is 1.25 bits per heavy atom. The van der Waals surface area contributed by atoms with Crippen molar-refractivity contribution in [2.75, 3.05) is 11.2 Å². The number of carbonyl (C=O) groups excluding carboxylic acids is 1. The number of halogens is 1. The first-order valence-corrected chi connectivity index (χ1v) is 5.03. The van der Waals surface area contributed by atoms with E-state index in [1.54, 1.807) is 35.3 Å². The van der Waals surface area contributed by atoms with E-state index < -0.39 is 0 Å². The molecule has 1 aromatic carbocycles. The minimum atomic E-state index is -0.259. The fourth-order valence-electron chi connectivity index (χ4n) is 1.33. The van der Waals surface area contributed by atoms with Crippen molar-refractivity contribution in [2.45, 2.75) is 0 Å². The Balaban J connectivity index is 2.21. The molecule has 0 aliphatic heterocycles. The summed E-state index contributed by atoms with van der Waals surface area (Å²) in [6.45, 7) is 0. The summed E-state index contributed by atoms with van der Waals surface area (Å²) in [4.78, 5) is 11.8. The van der Waals surface area contributed by atoms with Crippen LogP contribution in [0.3, 0.4) is 0 Å². The van der Waals surface area contributed by atoms with Gasteiger partial charge in [-0.25, -0.2) is 0 Å². The molecule has 2 aromatic rings. The molecule has 0 radical (unpaired) electrons. The third-order valence-electron chi connectivity index (χ3n) is 2.02. The van der Waals surface area contributed by atoms with Crippen molar-refractivity contribution in [3.05, 3.63) is 53.3 Å². The molecule has 82 valence electrons. The van der Waals surface area contributed by atoms with E-state index in [0.717, 1.165) is 0 Å². The molecule has 0 aliphatic carbocycles. The topological polar surface area (TPSA) is 60.1 Å². The second kappa shape index (κ2) is 4.28. The molecular weight excluding hydrogens is 226 g/mol. The molecule has 4 nitrogen and oxygen atoms in total. The summed E-state index contributed by atoms with van der Waals surface area (Å²) < 4.78 is 1.55. The molecule has 0 atom stereocenters. The average molecular weight is 236 g/mol. The number of nitrogens with one attached hydrogen (secondary N) is 1. The molecule has 1 heterocycles. The van der Waals surface area contributed by atoms with Crippen LogP contribution >= 0.6 is 11.6 Å². The number of aromatic nitrogens is 1. The lowest BCUT2D eigenvalue weighted by molar-refractivity contribution is 0.101. The van der Waals surface area contributed by atoms with Gasteiger partial charge in [-0.3, -0.25) is 14.9 Å². The van der Waals surface area contributed by atoms with E-state index >= 15 is 0 Å². The van der Waals surface area contributed by atoms with E-state index in [-0.39, 0.29) is 5.91 Å². The number of nitrogen functional groups attached to an aromatic ring is 1. The van der Waals surface area contributed by atoms with Crippen LogP contribution in [0.15, 0.2) is 42.7 Å². The van der Waals surface area contributed by atoms with Gasteiger partial charge < -0.3 is 5.73 Å². The number of anilines is 1. The first-order chi connectivity index (χ1) is 7.65. The van der Waals surface area contributed by atoms with Gasteiger partial charge in [-0.15, -0.1) is 0 Å². The Bertz CT molecular complexity index is 488. The van der Waals surface area contributed by atoms with Crippen LogP contribution in [0.2, 0.25) is 5.02 Å². The zero-order valence-electron chi connectivity index (χ0n) is 8.35. The SMILES string of the molecule is Nc1cc(Cl)cc(C(=O)Nn2cccc2)c1. The van der Waals surface area contributed by atoms with Crippen LogP contribution in [0.5, 0.6) is 0 Å². The largest absolute Gasteiger partial charge is 0.399 e. The highest BCUT2D eigenvalue weighted by Gasteiger charge is 2.07. The summed E-state index contributed by atoms with van der Waals surface area (Å²) >= 11 is 5.81. The Kier molecular flexibility index (Phi) is 2.83. The molecule has 16 heavy (non-hydrogen) atoms. The first-order valence-electron chi connectivity index (χ1n) is 4.65. The number of amides is 1. The number of nitrogens with two attached hydrogens (primary N) is 1. The quantitative estimate of drug-likeness (QED) is 0.784. The Morgan fingerprint density at radius 3 is 2.56 bits per heavy atom. The van der Waals surface area contributed by atoms with Gasteiger partial charge in [0.15, 0.2) is 0 Å². The first kappa shape index (κ1) is 10.6. The standard InChI is InChI=1S/C11H10ClN3O/c12-9-5-8(6-10(13)7-9)11(16)14-15-3-1-2-4-15/h1-7H,13H2,(H,14,16). The van der Waals surface area contributed by atoms with Crippen LogP contribution in [0, 0.1) is 0 Å². The number of benzene rings is 1. The number of rotatable bonds is 2. The molecule has 0 unspecified atom stereocenters. The fraction of sp³-hybridized carbons (Fsp3) is 0. The Morgan fingerprint density at radius 2 is 1.94 bits per heavy atom. The third kappa shape index (κ3) is 2.35. The smallest absolute Gasteiger partial charge is 0.270 e. The van der Waals surface area contributed by atoms with E-state index in [0.29, 0.717) is 16.3 Å². The lowest BCUT2D eigenvalue weighted by Gasteiger charge is -2.07. The minimum absolute atomic E-state index is 0.259. The maximum atomic E-state index is 11.8. The van der Waals surface area contributed by atoms with Crippen LogP contribution < -0.4 is 11.2 Å². The second-order valence-electron chi connectivity index (χ2n) is 3.30. The molecule has 0 fully saturated rings. The van der Waals surface area contributed by atoms with Crippen molar-refractivity contribution in [1.82, 2.24) is 4.68 Å². The lowest BCUT2D eigenvalue weighted by atomic mass is 10.2. The fourth-order valence-corrected chi connectivity index (χ4v) is 1.58. The monoisotopic (exact) mass is 235 g/mol. The van der Waals surface area contributed by atoms with Gasteiger partial charge in [0.25, 0.3) is 5.91 Å². The van der Waals surface area contributed by atoms with Gasteiger partial charge in [0.2, 0.25) is 0 Å².